The molecular formula is C11H11F3N2O2S. The lowest BCUT2D eigenvalue weighted by atomic mass is 10.2. The van der Waals surface area contributed by atoms with Crippen molar-refractivity contribution in [1.29, 1.82) is 0 Å². The van der Waals surface area contributed by atoms with Gasteiger partial charge in [-0.3, -0.25) is 4.79 Å². The van der Waals surface area contributed by atoms with Crippen molar-refractivity contribution < 1.29 is 23.1 Å². The molecule has 0 unspecified atom stereocenters. The molecule has 0 saturated carbocycles. The van der Waals surface area contributed by atoms with Crippen LogP contribution in [0.4, 0.5) is 13.2 Å². The number of aliphatic hydroxyl groups excluding tert-OH is 1. The molecule has 104 valence electrons. The number of carbonyl (C=O) groups is 1. The van der Waals surface area contributed by atoms with Crippen molar-refractivity contribution >= 4 is 17.7 Å². The van der Waals surface area contributed by atoms with Gasteiger partial charge in [-0.05, 0) is 18.6 Å². The number of hydrogen-bond donors (Lipinski definition) is 1. The number of alkyl halides is 3. The summed E-state index contributed by atoms with van der Waals surface area (Å²) in [5, 5.41) is 9.00. The number of aromatic nitrogens is 1. The van der Waals surface area contributed by atoms with Gasteiger partial charge in [-0.2, -0.15) is 13.2 Å². The minimum atomic E-state index is -4.49. The summed E-state index contributed by atoms with van der Waals surface area (Å²) in [6.45, 7) is 0.481. The Morgan fingerprint density at radius 3 is 2.84 bits per heavy atom. The lowest BCUT2D eigenvalue weighted by Crippen LogP contribution is -2.30. The van der Waals surface area contributed by atoms with Gasteiger partial charge in [-0.25, -0.2) is 4.98 Å². The first-order valence-corrected chi connectivity index (χ1v) is 6.36. The molecule has 1 aromatic heterocycles. The number of hydrogen-bond acceptors (Lipinski definition) is 4. The second kappa shape index (κ2) is 5.38. The van der Waals surface area contributed by atoms with E-state index < -0.39 is 29.3 Å². The van der Waals surface area contributed by atoms with Crippen LogP contribution in [0.2, 0.25) is 0 Å². The van der Waals surface area contributed by atoms with Crippen LogP contribution >= 0.6 is 11.8 Å². The Labute approximate surface area is 111 Å². The molecule has 1 aromatic rings. The Kier molecular flexibility index (Phi) is 4.00. The summed E-state index contributed by atoms with van der Waals surface area (Å²) in [7, 11) is 0. The molecule has 1 N–H and O–H groups in total. The van der Waals surface area contributed by atoms with E-state index in [0.29, 0.717) is 13.0 Å². The van der Waals surface area contributed by atoms with E-state index in [9.17, 15) is 23.1 Å². The Morgan fingerprint density at radius 2 is 2.26 bits per heavy atom. The smallest absolute Gasteiger partial charge is 0.391 e. The molecule has 0 aromatic carbocycles. The number of thioether (sulfide) groups is 1. The predicted octanol–water partition coefficient (Wildman–Crippen LogP) is 1.90. The zero-order chi connectivity index (χ0) is 14.0. The molecular weight excluding hydrogens is 281 g/mol. The molecule has 0 radical (unpaired) electrons. The Balaban J connectivity index is 2.22. The second-order valence-corrected chi connectivity index (χ2v) is 5.15. The normalized spacial score (nSPS) is 19.8. The summed E-state index contributed by atoms with van der Waals surface area (Å²) < 4.78 is 37.1. The largest absolute Gasteiger partial charge is 0.447 e. The third kappa shape index (κ3) is 3.60. The Morgan fingerprint density at radius 1 is 1.53 bits per heavy atom. The van der Waals surface area contributed by atoms with Crippen molar-refractivity contribution in [3.8, 4) is 0 Å². The van der Waals surface area contributed by atoms with Crippen molar-refractivity contribution in [3.63, 3.8) is 0 Å². The van der Waals surface area contributed by atoms with E-state index in [1.807, 2.05) is 0 Å². The number of aliphatic hydroxyl groups is 1. The number of carbonyl (C=O) groups excluding carboxylic acids is 1. The van der Waals surface area contributed by atoms with Crippen LogP contribution in [0.5, 0.6) is 0 Å². The van der Waals surface area contributed by atoms with Crippen molar-refractivity contribution in [2.75, 3.05) is 13.1 Å². The van der Waals surface area contributed by atoms with Crippen LogP contribution in [-0.2, 0) is 0 Å². The number of nitrogens with zero attached hydrogens (tertiary/aromatic N) is 2. The summed E-state index contributed by atoms with van der Waals surface area (Å²) in [5.74, 6) is -0.531. The maximum atomic E-state index is 12.4. The number of amides is 1. The van der Waals surface area contributed by atoms with Gasteiger partial charge in [0.05, 0.1) is 11.7 Å². The van der Waals surface area contributed by atoms with Crippen molar-refractivity contribution in [3.05, 3.63) is 23.9 Å². The highest BCUT2D eigenvalue weighted by atomic mass is 32.2. The summed E-state index contributed by atoms with van der Waals surface area (Å²) in [6, 6.07) is 2.73. The molecule has 0 spiro atoms. The molecule has 1 fully saturated rings. The quantitative estimate of drug-likeness (QED) is 0.846. The number of β-amino-alcohol motifs (C(OH)–C–C–N with tert-alkyl or cyclic N) is 1. The highest BCUT2D eigenvalue weighted by molar-refractivity contribution is 8.00. The monoisotopic (exact) mass is 292 g/mol. The molecule has 8 heteroatoms. The van der Waals surface area contributed by atoms with Crippen molar-refractivity contribution in [2.24, 2.45) is 0 Å². The summed E-state index contributed by atoms with van der Waals surface area (Å²) in [4.78, 5) is 17.0. The van der Waals surface area contributed by atoms with Crippen LogP contribution in [0.1, 0.15) is 16.8 Å². The maximum absolute atomic E-state index is 12.4. The first kappa shape index (κ1) is 14.1. The highest BCUT2D eigenvalue weighted by Crippen LogP contribution is 2.37. The minimum absolute atomic E-state index is 0.0843. The van der Waals surface area contributed by atoms with E-state index in [0.717, 1.165) is 0 Å². The average molecular weight is 292 g/mol. The predicted molar refractivity (Wildman–Crippen MR) is 62.7 cm³/mol. The lowest BCUT2D eigenvalue weighted by Gasteiger charge is -2.17. The lowest BCUT2D eigenvalue weighted by molar-refractivity contribution is -0.0329. The van der Waals surface area contributed by atoms with Gasteiger partial charge in [-0.15, -0.1) is 0 Å². The average Bonchev–Trinajstić information content (AvgIpc) is 2.74. The molecule has 19 heavy (non-hydrogen) atoms. The summed E-state index contributed by atoms with van der Waals surface area (Å²) in [5.41, 5.74) is -4.58. The van der Waals surface area contributed by atoms with Crippen LogP contribution in [-0.4, -0.2) is 45.6 Å². The zero-order valence-electron chi connectivity index (χ0n) is 9.72. The number of likely N-dealkylation sites (tertiary alicyclic amines) is 1. The molecule has 1 saturated heterocycles. The number of rotatable bonds is 2. The van der Waals surface area contributed by atoms with Gasteiger partial charge in [0.25, 0.3) is 5.91 Å². The summed E-state index contributed by atoms with van der Waals surface area (Å²) >= 11 is -0.406. The third-order valence-electron chi connectivity index (χ3n) is 2.66. The van der Waals surface area contributed by atoms with Crippen molar-refractivity contribution in [2.45, 2.75) is 23.1 Å². The van der Waals surface area contributed by atoms with E-state index in [-0.39, 0.29) is 17.1 Å². The summed E-state index contributed by atoms with van der Waals surface area (Å²) in [6.07, 6.45) is 1.04. The Bertz CT molecular complexity index is 481. The zero-order valence-corrected chi connectivity index (χ0v) is 10.5. The first-order chi connectivity index (χ1) is 8.87. The van der Waals surface area contributed by atoms with Gasteiger partial charge >= 0.3 is 5.51 Å². The first-order valence-electron chi connectivity index (χ1n) is 5.55. The van der Waals surface area contributed by atoms with Gasteiger partial charge in [0.2, 0.25) is 0 Å². The van der Waals surface area contributed by atoms with Crippen LogP contribution < -0.4 is 0 Å². The highest BCUT2D eigenvalue weighted by Gasteiger charge is 2.34. The van der Waals surface area contributed by atoms with Crippen LogP contribution in [0.25, 0.3) is 0 Å². The number of halogens is 3. The van der Waals surface area contributed by atoms with Gasteiger partial charge in [0.1, 0.15) is 5.03 Å². The van der Waals surface area contributed by atoms with E-state index >= 15 is 0 Å². The molecule has 0 aliphatic carbocycles. The van der Waals surface area contributed by atoms with Gasteiger partial charge in [0, 0.05) is 31.0 Å². The topological polar surface area (TPSA) is 53.4 Å². The van der Waals surface area contributed by atoms with E-state index in [1.54, 1.807) is 0 Å². The van der Waals surface area contributed by atoms with Crippen LogP contribution in [0.15, 0.2) is 23.4 Å². The fraction of sp³-hybridized carbons (Fsp3) is 0.455. The van der Waals surface area contributed by atoms with Crippen molar-refractivity contribution in [1.82, 2.24) is 9.88 Å². The molecule has 1 aliphatic rings. The molecule has 1 atom stereocenters. The SMILES string of the molecule is O=C(c1cccnc1SC(F)(F)F)N1CC[C@@H](O)C1. The Hall–Kier alpha value is -1.28. The molecule has 4 nitrogen and oxygen atoms in total. The van der Waals surface area contributed by atoms with E-state index in [2.05, 4.69) is 4.98 Å². The van der Waals surface area contributed by atoms with Gasteiger partial charge < -0.3 is 10.0 Å². The third-order valence-corrected chi connectivity index (χ3v) is 3.41. The van der Waals surface area contributed by atoms with Gasteiger partial charge in [-0.1, -0.05) is 0 Å². The molecule has 2 heterocycles. The van der Waals surface area contributed by atoms with Crippen LogP contribution in [0.3, 0.4) is 0 Å². The molecule has 2 rings (SSSR count). The standard InChI is InChI=1S/C11H11F3N2O2S/c12-11(13,14)19-9-8(2-1-4-15-9)10(18)16-5-3-7(17)6-16/h1-2,4,7,17H,3,5-6H2/t7-/m1/s1. The van der Waals surface area contributed by atoms with Gasteiger partial charge in [0.15, 0.2) is 0 Å². The molecule has 1 amide bonds. The minimum Gasteiger partial charge on any atom is -0.391 e. The fourth-order valence-corrected chi connectivity index (χ4v) is 2.44. The van der Waals surface area contributed by atoms with E-state index in [4.69, 9.17) is 0 Å². The number of pyridine rings is 1. The fourth-order valence-electron chi connectivity index (χ4n) is 1.84. The second-order valence-electron chi connectivity index (χ2n) is 4.10. The van der Waals surface area contributed by atoms with E-state index in [1.165, 1.54) is 23.2 Å². The molecule has 0 bridgehead atoms. The maximum Gasteiger partial charge on any atom is 0.447 e. The molecule has 1 aliphatic heterocycles. The van der Waals surface area contributed by atoms with Crippen LogP contribution in [0, 0.1) is 0 Å².